The van der Waals surface area contributed by atoms with Gasteiger partial charge in [0.05, 0.1) is 6.54 Å². The molecule has 0 bridgehead atoms. The van der Waals surface area contributed by atoms with Crippen molar-refractivity contribution in [2.45, 2.75) is 25.9 Å². The van der Waals surface area contributed by atoms with E-state index in [0.717, 1.165) is 23.0 Å². The van der Waals surface area contributed by atoms with Gasteiger partial charge >= 0.3 is 5.69 Å². The van der Waals surface area contributed by atoms with Crippen LogP contribution in [0.3, 0.4) is 0 Å². The summed E-state index contributed by atoms with van der Waals surface area (Å²) >= 11 is 0. The zero-order valence-corrected chi connectivity index (χ0v) is 16.2. The van der Waals surface area contributed by atoms with Crippen LogP contribution >= 0.6 is 0 Å². The smallest absolute Gasteiger partial charge is 0.331 e. The van der Waals surface area contributed by atoms with E-state index in [1.165, 1.54) is 16.8 Å². The van der Waals surface area contributed by atoms with Gasteiger partial charge in [-0.3, -0.25) is 23.5 Å². The van der Waals surface area contributed by atoms with Crippen LogP contribution in [0.5, 0.6) is 0 Å². The highest BCUT2D eigenvalue weighted by Crippen LogP contribution is 2.31. The van der Waals surface area contributed by atoms with Gasteiger partial charge in [-0.1, -0.05) is 30.3 Å². The Balaban J connectivity index is 1.43. The molecule has 0 N–H and O–H groups in total. The summed E-state index contributed by atoms with van der Waals surface area (Å²) in [6.07, 6.45) is 3.38. The summed E-state index contributed by atoms with van der Waals surface area (Å²) in [5, 5.41) is 0. The van der Waals surface area contributed by atoms with Gasteiger partial charge in [-0.2, -0.15) is 0 Å². The fraction of sp³-hybridized carbons (Fsp3) is 0.429. The molecule has 152 valence electrons. The fourth-order valence-electron chi connectivity index (χ4n) is 3.60. The maximum Gasteiger partial charge on any atom is 0.331 e. The van der Waals surface area contributed by atoms with Gasteiger partial charge in [-0.05, 0) is 18.4 Å². The van der Waals surface area contributed by atoms with Crippen molar-refractivity contribution in [3.63, 3.8) is 0 Å². The van der Waals surface area contributed by atoms with Crippen molar-refractivity contribution in [3.05, 3.63) is 69.0 Å². The van der Waals surface area contributed by atoms with Gasteiger partial charge in [0, 0.05) is 44.4 Å². The molecule has 1 aliphatic heterocycles. The van der Waals surface area contributed by atoms with Gasteiger partial charge in [-0.25, -0.2) is 4.79 Å². The lowest BCUT2D eigenvalue weighted by Crippen LogP contribution is -2.53. The van der Waals surface area contributed by atoms with E-state index in [-0.39, 0.29) is 24.3 Å². The van der Waals surface area contributed by atoms with Crippen LogP contribution in [0.1, 0.15) is 18.4 Å². The molecule has 1 aliphatic carbocycles. The molecule has 2 fully saturated rings. The maximum atomic E-state index is 12.7. The lowest BCUT2D eigenvalue weighted by molar-refractivity contribution is -0.140. The second-order valence-corrected chi connectivity index (χ2v) is 7.62. The monoisotopic (exact) mass is 396 g/mol. The summed E-state index contributed by atoms with van der Waals surface area (Å²) in [6.45, 7) is 1.90. The molecule has 8 nitrogen and oxygen atoms in total. The summed E-state index contributed by atoms with van der Waals surface area (Å²) < 4.78 is 2.41. The van der Waals surface area contributed by atoms with Crippen molar-refractivity contribution in [3.8, 4) is 0 Å². The first kappa shape index (κ1) is 19.2. The predicted molar refractivity (Wildman–Crippen MR) is 106 cm³/mol. The van der Waals surface area contributed by atoms with Crippen LogP contribution in [0.25, 0.3) is 0 Å². The first-order valence-electron chi connectivity index (χ1n) is 9.94. The minimum absolute atomic E-state index is 0.170. The zero-order chi connectivity index (χ0) is 20.4. The number of nitrogens with zero attached hydrogens (tertiary/aromatic N) is 4. The molecule has 2 aliphatic rings. The Morgan fingerprint density at radius 1 is 0.897 bits per heavy atom. The highest BCUT2D eigenvalue weighted by Gasteiger charge is 2.35. The highest BCUT2D eigenvalue weighted by atomic mass is 16.2. The number of carbonyl (C=O) groups is 2. The van der Waals surface area contributed by atoms with Crippen molar-refractivity contribution in [1.29, 1.82) is 0 Å². The summed E-state index contributed by atoms with van der Waals surface area (Å²) in [5.74, 6) is 0.0728. The third-order valence-electron chi connectivity index (χ3n) is 5.50. The molecular weight excluding hydrogens is 372 g/mol. The fourth-order valence-corrected chi connectivity index (χ4v) is 3.60. The molecule has 0 atom stereocenters. The van der Waals surface area contributed by atoms with Crippen LogP contribution in [0.2, 0.25) is 0 Å². The summed E-state index contributed by atoms with van der Waals surface area (Å²) in [5.41, 5.74) is -0.0602. The Morgan fingerprint density at radius 2 is 1.55 bits per heavy atom. The normalized spacial score (nSPS) is 16.7. The Labute approximate surface area is 168 Å². The molecule has 29 heavy (non-hydrogen) atoms. The first-order valence-corrected chi connectivity index (χ1v) is 9.94. The minimum Gasteiger partial charge on any atom is -0.339 e. The topological polar surface area (TPSA) is 84.6 Å². The summed E-state index contributed by atoms with van der Waals surface area (Å²) in [4.78, 5) is 53.2. The predicted octanol–water partition coefficient (Wildman–Crippen LogP) is 0.139. The number of amides is 2. The van der Waals surface area contributed by atoms with Crippen LogP contribution in [0.15, 0.2) is 52.2 Å². The molecule has 1 aromatic heterocycles. The standard InChI is InChI=1S/C21H24N4O4/c26-18-8-9-24(14-16-4-2-1-3-5-16)21(29)25(18)15-19(27)22-10-12-23(13-11-22)20(28)17-6-7-17/h1-5,8-9,17H,6-7,10-15H2. The highest BCUT2D eigenvalue weighted by molar-refractivity contribution is 5.81. The molecule has 0 unspecified atom stereocenters. The van der Waals surface area contributed by atoms with Crippen LogP contribution in [0, 0.1) is 5.92 Å². The van der Waals surface area contributed by atoms with Gasteiger partial charge in [0.15, 0.2) is 0 Å². The Morgan fingerprint density at radius 3 is 2.21 bits per heavy atom. The second-order valence-electron chi connectivity index (χ2n) is 7.62. The van der Waals surface area contributed by atoms with E-state index in [9.17, 15) is 19.2 Å². The van der Waals surface area contributed by atoms with E-state index in [0.29, 0.717) is 32.7 Å². The van der Waals surface area contributed by atoms with Crippen molar-refractivity contribution < 1.29 is 9.59 Å². The molecular formula is C21H24N4O4. The van der Waals surface area contributed by atoms with E-state index in [1.54, 1.807) is 4.90 Å². The lowest BCUT2D eigenvalue weighted by atomic mass is 10.2. The van der Waals surface area contributed by atoms with Crippen molar-refractivity contribution in [1.82, 2.24) is 18.9 Å². The third kappa shape index (κ3) is 4.31. The summed E-state index contributed by atoms with van der Waals surface area (Å²) in [7, 11) is 0. The first-order chi connectivity index (χ1) is 14.0. The quantitative estimate of drug-likeness (QED) is 0.720. The molecule has 2 heterocycles. The molecule has 1 saturated heterocycles. The maximum absolute atomic E-state index is 12.7. The Kier molecular flexibility index (Phi) is 5.33. The average Bonchev–Trinajstić information content (AvgIpc) is 3.59. The van der Waals surface area contributed by atoms with E-state index >= 15 is 0 Å². The second kappa shape index (κ2) is 8.06. The minimum atomic E-state index is -0.503. The number of piperazine rings is 1. The van der Waals surface area contributed by atoms with Crippen molar-refractivity contribution in [2.75, 3.05) is 26.2 Å². The molecule has 0 radical (unpaired) electrons. The number of hydrogen-bond donors (Lipinski definition) is 0. The van der Waals surface area contributed by atoms with E-state index in [1.807, 2.05) is 35.2 Å². The molecule has 0 spiro atoms. The number of aromatic nitrogens is 2. The van der Waals surface area contributed by atoms with Crippen LogP contribution < -0.4 is 11.2 Å². The summed E-state index contributed by atoms with van der Waals surface area (Å²) in [6, 6.07) is 10.8. The van der Waals surface area contributed by atoms with Gasteiger partial charge in [-0.15, -0.1) is 0 Å². The SMILES string of the molecule is O=C(Cn1c(=O)ccn(Cc2ccccc2)c1=O)N1CCN(C(=O)C2CC2)CC1. The molecule has 4 rings (SSSR count). The van der Waals surface area contributed by atoms with Crippen LogP contribution in [-0.4, -0.2) is 56.9 Å². The van der Waals surface area contributed by atoms with E-state index in [4.69, 9.17) is 0 Å². The number of rotatable bonds is 5. The number of hydrogen-bond acceptors (Lipinski definition) is 4. The largest absolute Gasteiger partial charge is 0.339 e. The molecule has 1 saturated carbocycles. The van der Waals surface area contributed by atoms with Crippen molar-refractivity contribution in [2.24, 2.45) is 5.92 Å². The zero-order valence-electron chi connectivity index (χ0n) is 16.2. The lowest BCUT2D eigenvalue weighted by Gasteiger charge is -2.35. The van der Waals surface area contributed by atoms with Gasteiger partial charge < -0.3 is 9.80 Å². The number of benzene rings is 1. The molecule has 1 aromatic carbocycles. The molecule has 2 aromatic rings. The van der Waals surface area contributed by atoms with Gasteiger partial charge in [0.2, 0.25) is 11.8 Å². The average molecular weight is 396 g/mol. The Bertz CT molecular complexity index is 1010. The van der Waals surface area contributed by atoms with E-state index < -0.39 is 11.2 Å². The van der Waals surface area contributed by atoms with Gasteiger partial charge in [0.25, 0.3) is 5.56 Å². The molecule has 8 heteroatoms. The van der Waals surface area contributed by atoms with Crippen LogP contribution in [-0.2, 0) is 22.7 Å². The third-order valence-corrected chi connectivity index (χ3v) is 5.50. The van der Waals surface area contributed by atoms with Crippen molar-refractivity contribution >= 4 is 11.8 Å². The van der Waals surface area contributed by atoms with Crippen LogP contribution in [0.4, 0.5) is 0 Å². The Hall–Kier alpha value is -3.16. The molecule has 2 amide bonds. The number of carbonyl (C=O) groups excluding carboxylic acids is 2. The van der Waals surface area contributed by atoms with E-state index in [2.05, 4.69) is 0 Å². The van der Waals surface area contributed by atoms with Gasteiger partial charge in [0.1, 0.15) is 6.54 Å².